The Hall–Kier alpha value is -6.26. The molecule has 0 bridgehead atoms. The molecule has 1 saturated heterocycles. The number of carboxylic acids is 1. The van der Waals surface area contributed by atoms with Crippen molar-refractivity contribution in [1.82, 2.24) is 20.2 Å². The van der Waals surface area contributed by atoms with Gasteiger partial charge in [0.15, 0.2) is 10.8 Å². The minimum Gasteiger partial charge on any atom is -0.497 e. The van der Waals surface area contributed by atoms with Gasteiger partial charge < -0.3 is 25.3 Å². The average molecular weight is 889 g/mol. The van der Waals surface area contributed by atoms with Gasteiger partial charge >= 0.3 is 5.97 Å². The maximum atomic E-state index is 14.2. The predicted molar refractivity (Wildman–Crippen MR) is 240 cm³/mol. The van der Waals surface area contributed by atoms with E-state index in [1.54, 1.807) is 30.2 Å². The number of ether oxygens (including phenoxy) is 1. The van der Waals surface area contributed by atoms with Crippen LogP contribution >= 0.6 is 46.0 Å². The maximum Gasteiger partial charge on any atom is 0.352 e. The maximum absolute atomic E-state index is 14.2. The fourth-order valence-electron chi connectivity index (χ4n) is 7.46. The van der Waals surface area contributed by atoms with Crippen LogP contribution in [0.2, 0.25) is 5.15 Å². The molecule has 3 atom stereocenters. The minimum absolute atomic E-state index is 0.155. The quantitative estimate of drug-likeness (QED) is 0.0399. The topological polar surface area (TPSA) is 155 Å². The zero-order valence-corrected chi connectivity index (χ0v) is 35.8. The number of thiazole rings is 2. The number of rotatable bonds is 15. The molecule has 2 amide bonds. The first kappa shape index (κ1) is 41.5. The number of anilines is 1. The first-order valence-electron chi connectivity index (χ1n) is 18.9. The number of aromatic nitrogens is 2. The summed E-state index contributed by atoms with van der Waals surface area (Å²) in [5, 5.41) is 22.5. The fraction of sp³-hybridized carbons (Fsp3) is 0.156. The highest BCUT2D eigenvalue weighted by atomic mass is 35.5. The first-order valence-corrected chi connectivity index (χ1v) is 22.0. The number of hydrogen-bond acceptors (Lipinski definition) is 12. The SMILES string of the molecule is CON=C(C(=O)NC1C(=O)N2C(C(=O)O)=C(C=Cc3scnc3Cl)C(Cc3ccc(OC)cc3)S[C@H]12)c1csc(NC(c2ccccc2)(c2ccccc2)c2ccccc2)n1. The second-order valence-electron chi connectivity index (χ2n) is 13.8. The normalized spacial score (nSPS) is 17.8. The number of β-lactam (4-membered cyclic amide) rings is 1. The van der Waals surface area contributed by atoms with Gasteiger partial charge in [-0.05, 0) is 52.5 Å². The molecule has 8 rings (SSSR count). The lowest BCUT2D eigenvalue weighted by Gasteiger charge is -2.51. The monoisotopic (exact) mass is 888 g/mol. The van der Waals surface area contributed by atoms with Crippen LogP contribution in [-0.2, 0) is 31.2 Å². The molecule has 308 valence electrons. The summed E-state index contributed by atoms with van der Waals surface area (Å²) < 4.78 is 5.34. The van der Waals surface area contributed by atoms with Crippen LogP contribution in [-0.4, -0.2) is 74.4 Å². The van der Waals surface area contributed by atoms with Crippen molar-refractivity contribution in [1.29, 1.82) is 0 Å². The van der Waals surface area contributed by atoms with Gasteiger partial charge in [-0.3, -0.25) is 14.5 Å². The molecular formula is C45H37ClN6O6S3. The van der Waals surface area contributed by atoms with Crippen LogP contribution in [0.15, 0.2) is 149 Å². The lowest BCUT2D eigenvalue weighted by Crippen LogP contribution is -2.71. The highest BCUT2D eigenvalue weighted by molar-refractivity contribution is 8.01. The number of aliphatic carboxylic acids is 1. The number of benzene rings is 4. The Morgan fingerprint density at radius 1 is 0.902 bits per heavy atom. The van der Waals surface area contributed by atoms with E-state index in [9.17, 15) is 19.5 Å². The van der Waals surface area contributed by atoms with E-state index in [-0.39, 0.29) is 22.3 Å². The molecule has 61 heavy (non-hydrogen) atoms. The molecule has 0 radical (unpaired) electrons. The molecule has 6 aromatic rings. The third kappa shape index (κ3) is 8.29. The van der Waals surface area contributed by atoms with Gasteiger partial charge in [0.05, 0.1) is 17.5 Å². The highest BCUT2D eigenvalue weighted by Gasteiger charge is 2.56. The number of allylic oxidation sites excluding steroid dienone is 1. The highest BCUT2D eigenvalue weighted by Crippen LogP contribution is 2.46. The zero-order valence-electron chi connectivity index (χ0n) is 32.6. The van der Waals surface area contributed by atoms with E-state index in [1.165, 1.54) is 46.4 Å². The number of nitrogens with one attached hydrogen (secondary N) is 2. The van der Waals surface area contributed by atoms with Gasteiger partial charge in [-0.25, -0.2) is 14.8 Å². The summed E-state index contributed by atoms with van der Waals surface area (Å²) in [5.41, 5.74) is 4.86. The summed E-state index contributed by atoms with van der Waals surface area (Å²) in [6, 6.07) is 36.5. The summed E-state index contributed by atoms with van der Waals surface area (Å²) in [4.78, 5) is 57.1. The molecule has 2 aliphatic rings. The number of fused-ring (bicyclic) bond motifs is 1. The molecule has 1 fully saturated rings. The number of carbonyl (C=O) groups is 3. The second-order valence-corrected chi connectivity index (χ2v) is 17.2. The van der Waals surface area contributed by atoms with Crippen molar-refractivity contribution in [3.63, 3.8) is 0 Å². The minimum atomic E-state index is -1.28. The number of halogens is 1. The molecule has 4 heterocycles. The number of carbonyl (C=O) groups excluding carboxylic acids is 2. The molecule has 2 unspecified atom stereocenters. The summed E-state index contributed by atoms with van der Waals surface area (Å²) in [7, 11) is 2.90. The van der Waals surface area contributed by atoms with Crippen LogP contribution < -0.4 is 15.4 Å². The van der Waals surface area contributed by atoms with Crippen LogP contribution in [0, 0.1) is 0 Å². The van der Waals surface area contributed by atoms with E-state index >= 15 is 0 Å². The Morgan fingerprint density at radius 3 is 2.07 bits per heavy atom. The lowest BCUT2D eigenvalue weighted by molar-refractivity contribution is -0.150. The van der Waals surface area contributed by atoms with Crippen molar-refractivity contribution in [3.05, 3.63) is 181 Å². The largest absolute Gasteiger partial charge is 0.497 e. The van der Waals surface area contributed by atoms with Crippen LogP contribution in [0.4, 0.5) is 5.13 Å². The fourth-order valence-corrected chi connectivity index (χ4v) is 10.7. The van der Waals surface area contributed by atoms with E-state index < -0.39 is 40.0 Å². The van der Waals surface area contributed by atoms with Crippen molar-refractivity contribution in [3.8, 4) is 5.75 Å². The summed E-state index contributed by atoms with van der Waals surface area (Å²) in [6.07, 6.45) is 3.80. The average Bonchev–Trinajstić information content (AvgIpc) is 3.94. The zero-order chi connectivity index (χ0) is 42.5. The molecule has 12 nitrogen and oxygen atoms in total. The molecular weight excluding hydrogens is 852 g/mol. The van der Waals surface area contributed by atoms with Gasteiger partial charge in [-0.1, -0.05) is 126 Å². The van der Waals surface area contributed by atoms with Gasteiger partial charge in [0.1, 0.15) is 46.4 Å². The third-order valence-corrected chi connectivity index (χ3v) is 13.8. The molecule has 0 aliphatic carbocycles. The third-order valence-electron chi connectivity index (χ3n) is 10.3. The smallest absolute Gasteiger partial charge is 0.352 e. The van der Waals surface area contributed by atoms with Crippen LogP contribution in [0.3, 0.4) is 0 Å². The van der Waals surface area contributed by atoms with Gasteiger partial charge in [-0.2, -0.15) is 0 Å². The number of nitrogens with zero attached hydrogens (tertiary/aromatic N) is 4. The van der Waals surface area contributed by atoms with Crippen LogP contribution in [0.1, 0.15) is 32.8 Å². The Labute approximate surface area is 368 Å². The van der Waals surface area contributed by atoms with Gasteiger partial charge in [0, 0.05) is 10.6 Å². The number of methoxy groups -OCH3 is 1. The Bertz CT molecular complexity index is 2540. The van der Waals surface area contributed by atoms with Crippen LogP contribution in [0.25, 0.3) is 6.08 Å². The van der Waals surface area contributed by atoms with Crippen molar-refractivity contribution in [2.75, 3.05) is 19.5 Å². The predicted octanol–water partition coefficient (Wildman–Crippen LogP) is 8.08. The van der Waals surface area contributed by atoms with E-state index in [0.717, 1.165) is 22.3 Å². The summed E-state index contributed by atoms with van der Waals surface area (Å²) in [6.45, 7) is 0. The van der Waals surface area contributed by atoms with Gasteiger partial charge in [-0.15, -0.1) is 34.4 Å². The molecule has 0 saturated carbocycles. The van der Waals surface area contributed by atoms with Crippen molar-refractivity contribution >= 4 is 80.7 Å². The van der Waals surface area contributed by atoms with Crippen molar-refractivity contribution in [2.24, 2.45) is 5.16 Å². The van der Waals surface area contributed by atoms with E-state index in [0.29, 0.717) is 27.8 Å². The van der Waals surface area contributed by atoms with Crippen LogP contribution in [0.5, 0.6) is 5.75 Å². The number of carboxylic acid groups (broad SMARTS) is 1. The van der Waals surface area contributed by atoms with E-state index in [2.05, 4.69) is 57.2 Å². The molecule has 3 N–H and O–H groups in total. The number of hydrogen-bond donors (Lipinski definition) is 3. The summed E-state index contributed by atoms with van der Waals surface area (Å²) >= 11 is 10.2. The van der Waals surface area contributed by atoms with Crippen molar-refractivity contribution < 1.29 is 29.1 Å². The Balaban J connectivity index is 1.09. The van der Waals surface area contributed by atoms with E-state index in [4.69, 9.17) is 26.2 Å². The van der Waals surface area contributed by atoms with Gasteiger partial charge in [0.2, 0.25) is 0 Å². The molecule has 0 spiro atoms. The molecule has 2 aromatic heterocycles. The lowest BCUT2D eigenvalue weighted by atomic mass is 9.77. The molecule has 16 heteroatoms. The van der Waals surface area contributed by atoms with Crippen molar-refractivity contribution in [2.45, 2.75) is 28.6 Å². The number of oxime groups is 1. The molecule has 2 aliphatic heterocycles. The second kappa shape index (κ2) is 18.2. The number of thioether (sulfide) groups is 1. The number of amides is 2. The first-order chi connectivity index (χ1) is 29.7. The Kier molecular flexibility index (Phi) is 12.3. The Morgan fingerprint density at radius 2 is 1.52 bits per heavy atom. The standard InChI is InChI=1S/C45H37ClN6O6S3/c1-57-31-20-18-27(19-21-31)24-35-32(22-23-34-39(46)47-26-60-34)38(43(55)56)52-41(54)37(42(52)61-35)49-40(53)36(51-58-2)33-25-59-44(48-33)50-45(28-12-6-3-7-13-28,29-14-8-4-9-15-29)30-16-10-5-11-17-30/h3-23,25-26,35,37,42H,24H2,1-2H3,(H,48,50)(H,49,53)(H,55,56)/t35?,37?,42-/m1/s1. The van der Waals surface area contributed by atoms with E-state index in [1.807, 2.05) is 78.9 Å². The molecule has 4 aromatic carbocycles. The summed E-state index contributed by atoms with van der Waals surface area (Å²) in [5.74, 6) is -1.89. The van der Waals surface area contributed by atoms with Gasteiger partial charge in [0.25, 0.3) is 11.8 Å².